The van der Waals surface area contributed by atoms with E-state index in [0.717, 1.165) is 86.4 Å². The maximum Gasteiger partial charge on any atom is 0.267 e. The van der Waals surface area contributed by atoms with Crippen molar-refractivity contribution in [3.05, 3.63) is 58.0 Å². The number of aromatic nitrogens is 4. The van der Waals surface area contributed by atoms with Gasteiger partial charge in [-0.15, -0.1) is 0 Å². The Morgan fingerprint density at radius 2 is 1.80 bits per heavy atom. The highest BCUT2D eigenvalue weighted by molar-refractivity contribution is 5.89. The van der Waals surface area contributed by atoms with Crippen molar-refractivity contribution in [1.82, 2.24) is 24.6 Å². The smallest absolute Gasteiger partial charge is 0.267 e. The lowest BCUT2D eigenvalue weighted by atomic mass is 9.97. The zero-order chi connectivity index (χ0) is 20.5. The monoisotopic (exact) mass is 408 g/mol. The first kappa shape index (κ1) is 19.1. The molecule has 0 saturated carbocycles. The molecule has 8 heteroatoms. The summed E-state index contributed by atoms with van der Waals surface area (Å²) in [6, 6.07) is 6.40. The molecule has 0 N–H and O–H groups in total. The third kappa shape index (κ3) is 3.79. The molecule has 3 aromatic rings. The molecule has 1 aromatic carbocycles. The van der Waals surface area contributed by atoms with Crippen LogP contribution >= 0.6 is 0 Å². The van der Waals surface area contributed by atoms with E-state index in [1.807, 2.05) is 0 Å². The van der Waals surface area contributed by atoms with E-state index in [2.05, 4.69) is 24.9 Å². The molecule has 7 nitrogen and oxygen atoms in total. The van der Waals surface area contributed by atoms with Crippen LogP contribution in [0.2, 0.25) is 0 Å². The van der Waals surface area contributed by atoms with Gasteiger partial charge in [-0.2, -0.15) is 5.10 Å². The van der Waals surface area contributed by atoms with Gasteiger partial charge in [0.2, 0.25) is 0 Å². The van der Waals surface area contributed by atoms with Gasteiger partial charge in [-0.3, -0.25) is 9.69 Å². The zero-order valence-corrected chi connectivity index (χ0v) is 16.9. The molecule has 0 atom stereocenters. The summed E-state index contributed by atoms with van der Waals surface area (Å²) in [5, 5.41) is 5.36. The number of benzene rings is 1. The number of fused-ring (bicyclic) bond motifs is 2. The second-order valence-electron chi connectivity index (χ2n) is 8.07. The quantitative estimate of drug-likeness (QED) is 0.658. The van der Waals surface area contributed by atoms with E-state index in [9.17, 15) is 9.18 Å². The van der Waals surface area contributed by atoms with Gasteiger partial charge in [-0.05, 0) is 49.4 Å². The summed E-state index contributed by atoms with van der Waals surface area (Å²) >= 11 is 0. The van der Waals surface area contributed by atoms with Gasteiger partial charge in [0, 0.05) is 44.2 Å². The van der Waals surface area contributed by atoms with Crippen LogP contribution < -0.4 is 10.5 Å². The van der Waals surface area contributed by atoms with Gasteiger partial charge in [0.15, 0.2) is 0 Å². The van der Waals surface area contributed by atoms with Crippen molar-refractivity contribution < 1.29 is 4.39 Å². The molecule has 5 rings (SSSR count). The predicted octanol–water partition coefficient (Wildman–Crippen LogP) is 2.03. The molecule has 1 fully saturated rings. The van der Waals surface area contributed by atoms with Crippen molar-refractivity contribution in [2.45, 2.75) is 32.2 Å². The standard InChI is InChI=1S/C22H25FN6O/c23-17-5-6-20-18(14-17)22(25-15-24-20)28-10-7-27(8-11-28)9-12-29-21(30)13-16-3-1-2-4-19(16)26-29/h5-6,13-15H,1-4,7-12H2. The largest absolute Gasteiger partial charge is 0.353 e. The lowest BCUT2D eigenvalue weighted by molar-refractivity contribution is 0.242. The minimum atomic E-state index is -0.278. The molecule has 0 amide bonds. The fraction of sp³-hybridized carbons (Fsp3) is 0.455. The van der Waals surface area contributed by atoms with Crippen molar-refractivity contribution in [2.75, 3.05) is 37.6 Å². The topological polar surface area (TPSA) is 67.2 Å². The summed E-state index contributed by atoms with van der Waals surface area (Å²) in [6.45, 7) is 4.72. The minimum Gasteiger partial charge on any atom is -0.353 e. The molecule has 30 heavy (non-hydrogen) atoms. The number of hydrogen-bond donors (Lipinski definition) is 0. The van der Waals surface area contributed by atoms with Crippen LogP contribution in [0.1, 0.15) is 24.1 Å². The fourth-order valence-electron chi connectivity index (χ4n) is 4.45. The van der Waals surface area contributed by atoms with Crippen LogP contribution in [0.25, 0.3) is 10.9 Å². The van der Waals surface area contributed by atoms with Crippen LogP contribution in [-0.4, -0.2) is 57.4 Å². The van der Waals surface area contributed by atoms with E-state index in [4.69, 9.17) is 0 Å². The Labute approximate surface area is 174 Å². The molecule has 0 unspecified atom stereocenters. The molecule has 1 saturated heterocycles. The van der Waals surface area contributed by atoms with Gasteiger partial charge < -0.3 is 4.90 Å². The van der Waals surface area contributed by atoms with Crippen LogP contribution in [0.5, 0.6) is 0 Å². The third-order valence-electron chi connectivity index (χ3n) is 6.15. The molecule has 0 radical (unpaired) electrons. The lowest BCUT2D eigenvalue weighted by Crippen LogP contribution is -2.48. The zero-order valence-electron chi connectivity index (χ0n) is 16.9. The maximum absolute atomic E-state index is 13.7. The summed E-state index contributed by atoms with van der Waals surface area (Å²) in [5.74, 6) is 0.506. The molecular formula is C22H25FN6O. The average molecular weight is 408 g/mol. The number of halogens is 1. The Morgan fingerprint density at radius 3 is 2.67 bits per heavy atom. The normalized spacial score (nSPS) is 17.3. The Bertz CT molecular complexity index is 1120. The van der Waals surface area contributed by atoms with Crippen LogP contribution in [0.15, 0.2) is 35.4 Å². The summed E-state index contributed by atoms with van der Waals surface area (Å²) in [5.41, 5.74) is 2.98. The Kier molecular flexibility index (Phi) is 5.16. The van der Waals surface area contributed by atoms with E-state index >= 15 is 0 Å². The molecular weight excluding hydrogens is 383 g/mol. The molecule has 2 aromatic heterocycles. The third-order valence-corrected chi connectivity index (χ3v) is 6.15. The molecule has 3 heterocycles. The molecule has 2 aliphatic rings. The Hall–Kier alpha value is -2.87. The Morgan fingerprint density at radius 1 is 0.967 bits per heavy atom. The number of hydrogen-bond acceptors (Lipinski definition) is 6. The highest BCUT2D eigenvalue weighted by Crippen LogP contribution is 2.24. The highest BCUT2D eigenvalue weighted by Gasteiger charge is 2.21. The van der Waals surface area contributed by atoms with Crippen molar-refractivity contribution in [1.29, 1.82) is 0 Å². The van der Waals surface area contributed by atoms with E-state index < -0.39 is 0 Å². The van der Waals surface area contributed by atoms with Crippen LogP contribution in [0, 0.1) is 5.82 Å². The van der Waals surface area contributed by atoms with Crippen LogP contribution in [0.3, 0.4) is 0 Å². The van der Waals surface area contributed by atoms with Crippen LogP contribution in [0.4, 0.5) is 10.2 Å². The van der Waals surface area contributed by atoms with Crippen molar-refractivity contribution in [3.63, 3.8) is 0 Å². The minimum absolute atomic E-state index is 0.00349. The van der Waals surface area contributed by atoms with Gasteiger partial charge in [-0.25, -0.2) is 19.0 Å². The number of aryl methyl sites for hydroxylation is 2. The Balaban J connectivity index is 1.23. The van der Waals surface area contributed by atoms with Crippen LogP contribution in [-0.2, 0) is 19.4 Å². The van der Waals surface area contributed by atoms with Gasteiger partial charge in [0.05, 0.1) is 17.8 Å². The molecule has 1 aliphatic heterocycles. The van der Waals surface area contributed by atoms with Gasteiger partial charge >= 0.3 is 0 Å². The highest BCUT2D eigenvalue weighted by atomic mass is 19.1. The first-order valence-corrected chi connectivity index (χ1v) is 10.6. The van der Waals surface area contributed by atoms with E-state index in [1.165, 1.54) is 18.5 Å². The number of anilines is 1. The second-order valence-corrected chi connectivity index (χ2v) is 8.07. The van der Waals surface area contributed by atoms with E-state index in [1.54, 1.807) is 16.8 Å². The van der Waals surface area contributed by atoms with E-state index in [-0.39, 0.29) is 11.4 Å². The molecule has 0 bridgehead atoms. The maximum atomic E-state index is 13.7. The van der Waals surface area contributed by atoms with E-state index in [0.29, 0.717) is 6.54 Å². The molecule has 1 aliphatic carbocycles. The summed E-state index contributed by atoms with van der Waals surface area (Å²) in [6.07, 6.45) is 5.79. The van der Waals surface area contributed by atoms with Gasteiger partial charge in [-0.1, -0.05) is 0 Å². The number of nitrogens with zero attached hydrogens (tertiary/aromatic N) is 6. The molecule has 156 valence electrons. The number of rotatable bonds is 4. The lowest BCUT2D eigenvalue weighted by Gasteiger charge is -2.35. The predicted molar refractivity (Wildman–Crippen MR) is 113 cm³/mol. The van der Waals surface area contributed by atoms with Crippen molar-refractivity contribution in [3.8, 4) is 0 Å². The first-order chi connectivity index (χ1) is 14.7. The summed E-state index contributed by atoms with van der Waals surface area (Å²) in [4.78, 5) is 25.6. The summed E-state index contributed by atoms with van der Waals surface area (Å²) < 4.78 is 15.4. The van der Waals surface area contributed by atoms with Crippen molar-refractivity contribution in [2.24, 2.45) is 0 Å². The number of piperazine rings is 1. The second kappa shape index (κ2) is 8.10. The van der Waals surface area contributed by atoms with Crippen molar-refractivity contribution >= 4 is 16.7 Å². The SMILES string of the molecule is O=c1cc2c(nn1CCN1CCN(c3ncnc4ccc(F)cc34)CC1)CCCC2. The van der Waals surface area contributed by atoms with Gasteiger partial charge in [0.25, 0.3) is 5.56 Å². The first-order valence-electron chi connectivity index (χ1n) is 10.6. The van der Waals surface area contributed by atoms with Gasteiger partial charge in [0.1, 0.15) is 18.0 Å². The average Bonchev–Trinajstić information content (AvgIpc) is 2.77. The molecule has 0 spiro atoms. The fourth-order valence-corrected chi connectivity index (χ4v) is 4.45. The summed E-state index contributed by atoms with van der Waals surface area (Å²) in [7, 11) is 0.